The second-order valence-electron chi connectivity index (χ2n) is 7.01. The van der Waals surface area contributed by atoms with E-state index in [1.165, 1.54) is 0 Å². The SMILES string of the molecule is Cc1ccccc1-n1ncc(C(=O)N2C[C@H]3OCCN(C)[C@H]3C2)c1C. The first-order valence-electron chi connectivity index (χ1n) is 8.78. The van der Waals surface area contributed by atoms with E-state index in [4.69, 9.17) is 4.74 Å². The Morgan fingerprint density at radius 2 is 2.04 bits per heavy atom. The number of rotatable bonds is 2. The maximum Gasteiger partial charge on any atom is 0.257 e. The van der Waals surface area contributed by atoms with Gasteiger partial charge in [-0.05, 0) is 32.5 Å². The second kappa shape index (κ2) is 6.28. The van der Waals surface area contributed by atoms with E-state index in [1.807, 2.05) is 34.7 Å². The molecule has 3 heterocycles. The fraction of sp³-hybridized carbons (Fsp3) is 0.474. The Labute approximate surface area is 148 Å². The highest BCUT2D eigenvalue weighted by Gasteiger charge is 2.41. The predicted molar refractivity (Wildman–Crippen MR) is 95.1 cm³/mol. The van der Waals surface area contributed by atoms with E-state index in [0.29, 0.717) is 18.2 Å². The van der Waals surface area contributed by atoms with Gasteiger partial charge in [-0.1, -0.05) is 18.2 Å². The number of benzene rings is 1. The third kappa shape index (κ3) is 2.75. The molecule has 1 amide bonds. The van der Waals surface area contributed by atoms with Gasteiger partial charge in [0, 0.05) is 19.6 Å². The summed E-state index contributed by atoms with van der Waals surface area (Å²) in [7, 11) is 2.11. The molecule has 2 saturated heterocycles. The molecule has 2 aliphatic rings. The minimum atomic E-state index is 0.0451. The summed E-state index contributed by atoms with van der Waals surface area (Å²) in [6.45, 7) is 7.05. The second-order valence-corrected chi connectivity index (χ2v) is 7.01. The number of fused-ring (bicyclic) bond motifs is 1. The zero-order chi connectivity index (χ0) is 17.6. The lowest BCUT2D eigenvalue weighted by molar-refractivity contribution is -0.0368. The van der Waals surface area contributed by atoms with Crippen LogP contribution in [0.2, 0.25) is 0 Å². The van der Waals surface area contributed by atoms with E-state index in [2.05, 4.69) is 30.0 Å². The lowest BCUT2D eigenvalue weighted by Gasteiger charge is -2.33. The Morgan fingerprint density at radius 1 is 1.24 bits per heavy atom. The summed E-state index contributed by atoms with van der Waals surface area (Å²) < 4.78 is 7.71. The summed E-state index contributed by atoms with van der Waals surface area (Å²) in [5, 5.41) is 4.47. The van der Waals surface area contributed by atoms with Crippen LogP contribution < -0.4 is 0 Å². The average molecular weight is 340 g/mol. The van der Waals surface area contributed by atoms with Gasteiger partial charge in [0.15, 0.2) is 0 Å². The van der Waals surface area contributed by atoms with E-state index in [0.717, 1.165) is 36.6 Å². The molecule has 2 aliphatic heterocycles. The van der Waals surface area contributed by atoms with Crippen LogP contribution in [0.3, 0.4) is 0 Å². The van der Waals surface area contributed by atoms with Gasteiger partial charge in [-0.15, -0.1) is 0 Å². The molecule has 0 unspecified atom stereocenters. The van der Waals surface area contributed by atoms with Gasteiger partial charge in [0.05, 0.1) is 41.9 Å². The lowest BCUT2D eigenvalue weighted by Crippen LogP contribution is -2.48. The summed E-state index contributed by atoms with van der Waals surface area (Å²) in [6, 6.07) is 8.37. The molecule has 0 N–H and O–H groups in total. The summed E-state index contributed by atoms with van der Waals surface area (Å²) in [6.07, 6.45) is 1.81. The quantitative estimate of drug-likeness (QED) is 0.834. The molecule has 1 aromatic heterocycles. The first-order valence-corrected chi connectivity index (χ1v) is 8.78. The maximum atomic E-state index is 13.0. The highest BCUT2D eigenvalue weighted by molar-refractivity contribution is 5.95. The van der Waals surface area contributed by atoms with Gasteiger partial charge in [-0.2, -0.15) is 5.10 Å². The molecule has 25 heavy (non-hydrogen) atoms. The number of hydrogen-bond acceptors (Lipinski definition) is 4. The molecule has 6 heteroatoms. The number of nitrogens with zero attached hydrogens (tertiary/aromatic N) is 4. The number of para-hydroxylation sites is 1. The minimum absolute atomic E-state index is 0.0451. The molecule has 0 saturated carbocycles. The van der Waals surface area contributed by atoms with Crippen LogP contribution >= 0.6 is 0 Å². The molecule has 4 rings (SSSR count). The fourth-order valence-corrected chi connectivity index (χ4v) is 3.86. The van der Waals surface area contributed by atoms with Crippen LogP contribution in [0.15, 0.2) is 30.5 Å². The van der Waals surface area contributed by atoms with E-state index in [9.17, 15) is 4.79 Å². The fourth-order valence-electron chi connectivity index (χ4n) is 3.86. The molecular weight excluding hydrogens is 316 g/mol. The van der Waals surface area contributed by atoms with Crippen LogP contribution in [-0.4, -0.2) is 70.9 Å². The Hall–Kier alpha value is -2.18. The molecule has 6 nitrogen and oxygen atoms in total. The zero-order valence-corrected chi connectivity index (χ0v) is 15.0. The van der Waals surface area contributed by atoms with Crippen molar-refractivity contribution in [3.63, 3.8) is 0 Å². The van der Waals surface area contributed by atoms with Gasteiger partial charge >= 0.3 is 0 Å². The number of aromatic nitrogens is 2. The number of hydrogen-bond donors (Lipinski definition) is 0. The van der Waals surface area contributed by atoms with Gasteiger partial charge in [0.25, 0.3) is 5.91 Å². The highest BCUT2D eigenvalue weighted by Crippen LogP contribution is 2.25. The minimum Gasteiger partial charge on any atom is -0.373 e. The van der Waals surface area contributed by atoms with E-state index in [-0.39, 0.29) is 12.0 Å². The molecule has 2 fully saturated rings. The largest absolute Gasteiger partial charge is 0.373 e. The van der Waals surface area contributed by atoms with Crippen LogP contribution in [0.25, 0.3) is 5.69 Å². The molecule has 1 aromatic carbocycles. The van der Waals surface area contributed by atoms with E-state index in [1.54, 1.807) is 6.20 Å². The van der Waals surface area contributed by atoms with Crippen LogP contribution in [0.5, 0.6) is 0 Å². The molecule has 0 radical (unpaired) electrons. The van der Waals surface area contributed by atoms with Crippen molar-refractivity contribution in [3.8, 4) is 5.69 Å². The molecule has 132 valence electrons. The van der Waals surface area contributed by atoms with Gasteiger partial charge in [-0.3, -0.25) is 9.69 Å². The number of morpholine rings is 1. The summed E-state index contributed by atoms with van der Waals surface area (Å²) in [4.78, 5) is 17.2. The Balaban J connectivity index is 1.59. The molecule has 0 spiro atoms. The summed E-state index contributed by atoms with van der Waals surface area (Å²) in [5.41, 5.74) is 3.69. The average Bonchev–Trinajstić information content (AvgIpc) is 3.20. The van der Waals surface area contributed by atoms with Crippen LogP contribution in [0.4, 0.5) is 0 Å². The lowest BCUT2D eigenvalue weighted by atomic mass is 10.1. The van der Waals surface area contributed by atoms with Crippen molar-refractivity contribution in [2.75, 3.05) is 33.3 Å². The first-order chi connectivity index (χ1) is 12.1. The standard InChI is InChI=1S/C19H24N4O2/c1-13-6-4-5-7-16(13)23-14(2)15(10-20-23)19(24)22-11-17-18(12-22)25-9-8-21(17)3/h4-7,10,17-18H,8-9,11-12H2,1-3H3/t17-,18+/m0/s1. The van der Waals surface area contributed by atoms with E-state index < -0.39 is 0 Å². The summed E-state index contributed by atoms with van der Waals surface area (Å²) >= 11 is 0. The van der Waals surface area contributed by atoms with Gasteiger partial charge < -0.3 is 9.64 Å². The predicted octanol–water partition coefficient (Wildman–Crippen LogP) is 1.64. The summed E-state index contributed by atoms with van der Waals surface area (Å²) in [5.74, 6) is 0.0451. The molecular formula is C19H24N4O2. The van der Waals surface area contributed by atoms with Crippen LogP contribution in [-0.2, 0) is 4.74 Å². The molecule has 2 atom stereocenters. The number of carbonyl (C=O) groups is 1. The monoisotopic (exact) mass is 340 g/mol. The number of likely N-dealkylation sites (N-methyl/N-ethyl adjacent to an activating group) is 1. The van der Waals surface area contributed by atoms with Crippen molar-refractivity contribution in [2.45, 2.75) is 26.0 Å². The Morgan fingerprint density at radius 3 is 2.80 bits per heavy atom. The number of likely N-dealkylation sites (tertiary alicyclic amines) is 1. The van der Waals surface area contributed by atoms with Gasteiger partial charge in [0.2, 0.25) is 0 Å². The smallest absolute Gasteiger partial charge is 0.257 e. The number of carbonyl (C=O) groups excluding carboxylic acids is 1. The van der Waals surface area contributed by atoms with Gasteiger partial charge in [-0.25, -0.2) is 4.68 Å². The van der Waals surface area contributed by atoms with Crippen molar-refractivity contribution in [1.82, 2.24) is 19.6 Å². The van der Waals surface area contributed by atoms with Crippen LogP contribution in [0, 0.1) is 13.8 Å². The molecule has 0 aliphatic carbocycles. The van der Waals surface area contributed by atoms with Gasteiger partial charge in [0.1, 0.15) is 0 Å². The van der Waals surface area contributed by atoms with Crippen molar-refractivity contribution in [2.24, 2.45) is 0 Å². The molecule has 2 aromatic rings. The normalized spacial score (nSPS) is 23.7. The van der Waals surface area contributed by atoms with E-state index >= 15 is 0 Å². The number of aryl methyl sites for hydroxylation is 1. The maximum absolute atomic E-state index is 13.0. The third-order valence-corrected chi connectivity index (χ3v) is 5.45. The number of amides is 1. The highest BCUT2D eigenvalue weighted by atomic mass is 16.5. The third-order valence-electron chi connectivity index (χ3n) is 5.45. The topological polar surface area (TPSA) is 50.6 Å². The Kier molecular flexibility index (Phi) is 4.09. The van der Waals surface area contributed by atoms with Crippen molar-refractivity contribution in [3.05, 3.63) is 47.3 Å². The molecule has 0 bridgehead atoms. The first kappa shape index (κ1) is 16.3. The number of ether oxygens (including phenoxy) is 1. The van der Waals surface area contributed by atoms with Crippen LogP contribution in [0.1, 0.15) is 21.6 Å². The zero-order valence-electron chi connectivity index (χ0n) is 15.0. The van der Waals surface area contributed by atoms with Crippen molar-refractivity contribution < 1.29 is 9.53 Å². The van der Waals surface area contributed by atoms with Crippen molar-refractivity contribution >= 4 is 5.91 Å². The van der Waals surface area contributed by atoms with Crippen molar-refractivity contribution in [1.29, 1.82) is 0 Å². The Bertz CT molecular complexity index is 800.